The molecule has 1 nitrogen and oxygen atoms in total. The van der Waals surface area contributed by atoms with Gasteiger partial charge >= 0.3 is 0 Å². The van der Waals surface area contributed by atoms with Gasteiger partial charge < -0.3 is 0 Å². The van der Waals surface area contributed by atoms with Crippen LogP contribution >= 0.6 is 0 Å². The van der Waals surface area contributed by atoms with E-state index < -0.39 is 0 Å². The number of rotatable bonds is 7. The Hall–Kier alpha value is -1.60. The molecule has 1 heteroatoms. The first-order valence-electron chi connectivity index (χ1n) is 7.66. The summed E-state index contributed by atoms with van der Waals surface area (Å²) < 4.78 is 0. The predicted molar refractivity (Wildman–Crippen MR) is 86.9 cm³/mol. The topological polar surface area (TPSA) is 3.24 Å². The number of aryl methyl sites for hydroxylation is 2. The van der Waals surface area contributed by atoms with Crippen LogP contribution in [0.5, 0.6) is 0 Å². The summed E-state index contributed by atoms with van der Waals surface area (Å²) in [4.78, 5) is 2.47. The molecule has 0 radical (unpaired) electrons. The first kappa shape index (κ1) is 14.8. The molecule has 0 aromatic heterocycles. The summed E-state index contributed by atoms with van der Waals surface area (Å²) >= 11 is 0. The second kappa shape index (κ2) is 7.86. The Morgan fingerprint density at radius 3 is 1.95 bits per heavy atom. The van der Waals surface area contributed by atoms with E-state index in [1.54, 1.807) is 0 Å². The van der Waals surface area contributed by atoms with E-state index >= 15 is 0 Å². The van der Waals surface area contributed by atoms with E-state index in [0.717, 1.165) is 32.5 Å². The lowest BCUT2D eigenvalue weighted by Crippen LogP contribution is -2.22. The molecule has 0 aliphatic carbocycles. The summed E-state index contributed by atoms with van der Waals surface area (Å²) in [6.07, 6.45) is 2.25. The lowest BCUT2D eigenvalue weighted by atomic mass is 9.99. The molecule has 20 heavy (non-hydrogen) atoms. The molecule has 0 fully saturated rings. The van der Waals surface area contributed by atoms with Gasteiger partial charge in [-0.15, -0.1) is 0 Å². The van der Waals surface area contributed by atoms with E-state index in [1.165, 1.54) is 16.7 Å². The second-order valence-electron chi connectivity index (χ2n) is 5.22. The Kier molecular flexibility index (Phi) is 5.82. The first-order valence-corrected chi connectivity index (χ1v) is 7.66. The van der Waals surface area contributed by atoms with Crippen molar-refractivity contribution >= 4 is 0 Å². The summed E-state index contributed by atoms with van der Waals surface area (Å²) in [7, 11) is 0. The van der Waals surface area contributed by atoms with Gasteiger partial charge in [0.2, 0.25) is 0 Å². The molecule has 2 rings (SSSR count). The molecular weight excluding hydrogens is 242 g/mol. The van der Waals surface area contributed by atoms with Crippen LogP contribution in [0.4, 0.5) is 0 Å². The van der Waals surface area contributed by atoms with Crippen LogP contribution in [0.3, 0.4) is 0 Å². The molecule has 0 atom stereocenters. The number of hydrogen-bond donors (Lipinski definition) is 0. The van der Waals surface area contributed by atoms with Gasteiger partial charge in [-0.3, -0.25) is 4.90 Å². The summed E-state index contributed by atoms with van der Waals surface area (Å²) in [6, 6.07) is 19.6. The quantitative estimate of drug-likeness (QED) is 0.722. The van der Waals surface area contributed by atoms with E-state index in [0.29, 0.717) is 0 Å². The fraction of sp³-hybridized carbons (Fsp3) is 0.368. The SMILES string of the molecule is CCN(CC)Cc1ccccc1CCc1ccccc1. The van der Waals surface area contributed by atoms with Crippen molar-refractivity contribution in [1.82, 2.24) is 4.90 Å². The Balaban J connectivity index is 2.04. The molecule has 0 spiro atoms. The molecule has 0 saturated heterocycles. The minimum atomic E-state index is 1.07. The van der Waals surface area contributed by atoms with Gasteiger partial charge in [0, 0.05) is 6.54 Å². The Morgan fingerprint density at radius 2 is 1.30 bits per heavy atom. The third kappa shape index (κ3) is 4.21. The normalized spacial score (nSPS) is 10.9. The van der Waals surface area contributed by atoms with Gasteiger partial charge in [0.25, 0.3) is 0 Å². The largest absolute Gasteiger partial charge is 0.300 e. The fourth-order valence-electron chi connectivity index (χ4n) is 2.57. The summed E-state index contributed by atoms with van der Waals surface area (Å²) in [5.41, 5.74) is 4.39. The molecule has 0 saturated carbocycles. The van der Waals surface area contributed by atoms with E-state index in [9.17, 15) is 0 Å². The zero-order valence-electron chi connectivity index (χ0n) is 12.7. The van der Waals surface area contributed by atoms with Crippen molar-refractivity contribution in [3.63, 3.8) is 0 Å². The Morgan fingerprint density at radius 1 is 0.700 bits per heavy atom. The number of nitrogens with zero attached hydrogens (tertiary/aromatic N) is 1. The summed E-state index contributed by atoms with van der Waals surface area (Å²) in [5.74, 6) is 0. The van der Waals surface area contributed by atoms with Gasteiger partial charge in [0.1, 0.15) is 0 Å². The highest BCUT2D eigenvalue weighted by atomic mass is 15.1. The number of hydrogen-bond acceptors (Lipinski definition) is 1. The van der Waals surface area contributed by atoms with Gasteiger partial charge in [0.05, 0.1) is 0 Å². The molecule has 0 N–H and O–H groups in total. The maximum atomic E-state index is 2.47. The van der Waals surface area contributed by atoms with Crippen LogP contribution in [0.25, 0.3) is 0 Å². The molecule has 0 unspecified atom stereocenters. The second-order valence-corrected chi connectivity index (χ2v) is 5.22. The van der Waals surface area contributed by atoms with Crippen molar-refractivity contribution in [2.24, 2.45) is 0 Å². The summed E-state index contributed by atoms with van der Waals surface area (Å²) in [5, 5.41) is 0. The minimum absolute atomic E-state index is 1.07. The van der Waals surface area contributed by atoms with Gasteiger partial charge in [-0.05, 0) is 42.6 Å². The average Bonchev–Trinajstić information content (AvgIpc) is 2.52. The fourth-order valence-corrected chi connectivity index (χ4v) is 2.57. The van der Waals surface area contributed by atoms with Crippen molar-refractivity contribution in [3.05, 3.63) is 71.3 Å². The van der Waals surface area contributed by atoms with Crippen molar-refractivity contribution in [3.8, 4) is 0 Å². The van der Waals surface area contributed by atoms with Crippen LogP contribution in [-0.2, 0) is 19.4 Å². The van der Waals surface area contributed by atoms with Gasteiger partial charge in [-0.1, -0.05) is 68.4 Å². The third-order valence-corrected chi connectivity index (χ3v) is 3.93. The zero-order valence-corrected chi connectivity index (χ0v) is 12.7. The molecule has 2 aromatic rings. The minimum Gasteiger partial charge on any atom is -0.300 e. The van der Waals surface area contributed by atoms with Gasteiger partial charge in [-0.2, -0.15) is 0 Å². The van der Waals surface area contributed by atoms with E-state index in [-0.39, 0.29) is 0 Å². The highest BCUT2D eigenvalue weighted by Gasteiger charge is 2.06. The zero-order chi connectivity index (χ0) is 14.2. The molecule has 0 aliphatic heterocycles. The lowest BCUT2D eigenvalue weighted by molar-refractivity contribution is 0.295. The maximum Gasteiger partial charge on any atom is 0.0236 e. The molecule has 0 heterocycles. The van der Waals surface area contributed by atoms with Crippen LogP contribution in [-0.4, -0.2) is 18.0 Å². The number of benzene rings is 2. The van der Waals surface area contributed by atoms with Crippen LogP contribution in [0, 0.1) is 0 Å². The van der Waals surface area contributed by atoms with Gasteiger partial charge in [0.15, 0.2) is 0 Å². The highest BCUT2D eigenvalue weighted by molar-refractivity contribution is 5.28. The van der Waals surface area contributed by atoms with Gasteiger partial charge in [-0.25, -0.2) is 0 Å². The monoisotopic (exact) mass is 267 g/mol. The smallest absolute Gasteiger partial charge is 0.0236 e. The molecular formula is C19H25N. The summed E-state index contributed by atoms with van der Waals surface area (Å²) in [6.45, 7) is 7.76. The van der Waals surface area contributed by atoms with Crippen LogP contribution < -0.4 is 0 Å². The van der Waals surface area contributed by atoms with Crippen molar-refractivity contribution < 1.29 is 0 Å². The Labute approximate surface area is 123 Å². The maximum absolute atomic E-state index is 2.47. The predicted octanol–water partition coefficient (Wildman–Crippen LogP) is 4.31. The van der Waals surface area contributed by atoms with Crippen LogP contribution in [0.1, 0.15) is 30.5 Å². The van der Waals surface area contributed by atoms with Crippen LogP contribution in [0.2, 0.25) is 0 Å². The first-order chi connectivity index (χ1) is 9.83. The molecule has 106 valence electrons. The standard InChI is InChI=1S/C19H25N/c1-3-20(4-2)16-19-13-9-8-12-18(19)15-14-17-10-6-5-7-11-17/h5-13H,3-4,14-16H2,1-2H3. The molecule has 0 bridgehead atoms. The lowest BCUT2D eigenvalue weighted by Gasteiger charge is -2.20. The highest BCUT2D eigenvalue weighted by Crippen LogP contribution is 2.14. The third-order valence-electron chi connectivity index (χ3n) is 3.93. The van der Waals surface area contributed by atoms with Crippen molar-refractivity contribution in [1.29, 1.82) is 0 Å². The van der Waals surface area contributed by atoms with E-state index in [2.05, 4.69) is 73.3 Å². The van der Waals surface area contributed by atoms with E-state index in [1.807, 2.05) is 0 Å². The van der Waals surface area contributed by atoms with E-state index in [4.69, 9.17) is 0 Å². The van der Waals surface area contributed by atoms with Crippen LogP contribution in [0.15, 0.2) is 54.6 Å². The average molecular weight is 267 g/mol. The van der Waals surface area contributed by atoms with Crippen molar-refractivity contribution in [2.75, 3.05) is 13.1 Å². The Bertz CT molecular complexity index is 500. The molecule has 0 aliphatic rings. The van der Waals surface area contributed by atoms with Crippen molar-refractivity contribution in [2.45, 2.75) is 33.2 Å². The molecule has 0 amide bonds. The molecule has 2 aromatic carbocycles.